The van der Waals surface area contributed by atoms with Crippen LogP contribution >= 0.6 is 0 Å². The second kappa shape index (κ2) is 7.75. The molecule has 4 N–H and O–H groups in total. The fourth-order valence-corrected chi connectivity index (χ4v) is 2.77. The Balaban J connectivity index is 1.76. The monoisotopic (exact) mass is 294 g/mol. The largest absolute Gasteiger partial charge is 0.491 e. The fourth-order valence-electron chi connectivity index (χ4n) is 2.77. The van der Waals surface area contributed by atoms with Gasteiger partial charge in [0, 0.05) is 25.2 Å². The van der Waals surface area contributed by atoms with Gasteiger partial charge in [0.1, 0.15) is 18.5 Å². The lowest BCUT2D eigenvalue weighted by molar-refractivity contribution is 0.0693. The van der Waals surface area contributed by atoms with Crippen LogP contribution in [-0.2, 0) is 6.54 Å². The number of nitrogens with zero attached hydrogens (tertiary/aromatic N) is 1. The van der Waals surface area contributed by atoms with Crippen molar-refractivity contribution in [1.82, 2.24) is 4.90 Å². The van der Waals surface area contributed by atoms with Crippen LogP contribution in [0.2, 0.25) is 0 Å². The maximum absolute atomic E-state index is 10.1. The summed E-state index contributed by atoms with van der Waals surface area (Å²) < 4.78 is 5.67. The van der Waals surface area contributed by atoms with Crippen LogP contribution in [0.1, 0.15) is 18.9 Å². The van der Waals surface area contributed by atoms with Gasteiger partial charge in [-0.25, -0.2) is 0 Å². The van der Waals surface area contributed by atoms with Gasteiger partial charge < -0.3 is 25.6 Å². The molecule has 1 saturated heterocycles. The molecule has 21 heavy (non-hydrogen) atoms. The van der Waals surface area contributed by atoms with E-state index in [0.717, 1.165) is 30.8 Å². The quantitative estimate of drug-likeness (QED) is 0.686. The second-order valence-corrected chi connectivity index (χ2v) is 5.83. The highest BCUT2D eigenvalue weighted by Crippen LogP contribution is 2.20. The van der Waals surface area contributed by atoms with E-state index in [1.165, 1.54) is 0 Å². The van der Waals surface area contributed by atoms with E-state index in [1.54, 1.807) is 0 Å². The highest BCUT2D eigenvalue weighted by atomic mass is 16.5. The van der Waals surface area contributed by atoms with E-state index in [4.69, 9.17) is 10.5 Å². The van der Waals surface area contributed by atoms with E-state index < -0.39 is 6.10 Å². The minimum Gasteiger partial charge on any atom is -0.491 e. The zero-order valence-corrected chi connectivity index (χ0v) is 12.6. The van der Waals surface area contributed by atoms with Crippen molar-refractivity contribution in [2.45, 2.75) is 32.1 Å². The van der Waals surface area contributed by atoms with Gasteiger partial charge in [-0.15, -0.1) is 0 Å². The second-order valence-electron chi connectivity index (χ2n) is 5.83. The molecule has 1 fully saturated rings. The molecule has 1 aliphatic rings. The van der Waals surface area contributed by atoms with Crippen LogP contribution in [0.4, 0.5) is 0 Å². The minimum atomic E-state index is -0.538. The Morgan fingerprint density at radius 3 is 2.81 bits per heavy atom. The summed E-state index contributed by atoms with van der Waals surface area (Å²) in [5.41, 5.74) is 6.60. The van der Waals surface area contributed by atoms with Gasteiger partial charge in [-0.05, 0) is 31.9 Å². The predicted octanol–water partition coefficient (Wildman–Crippen LogP) is 0.588. The zero-order valence-electron chi connectivity index (χ0n) is 12.6. The standard InChI is InChI=1S/C16H26N2O3/c1-12(19)14-6-7-18(9-14)10-15(20)11-21-16-5-3-2-4-13(16)8-17/h2-5,12,14-15,19-20H,6-11,17H2,1H3. The van der Waals surface area contributed by atoms with E-state index in [0.29, 0.717) is 19.0 Å². The minimum absolute atomic E-state index is 0.257. The number of rotatable bonds is 7. The summed E-state index contributed by atoms with van der Waals surface area (Å²) in [6.07, 6.45) is 0.171. The van der Waals surface area contributed by atoms with Crippen LogP contribution in [0.5, 0.6) is 5.75 Å². The van der Waals surface area contributed by atoms with Gasteiger partial charge >= 0.3 is 0 Å². The summed E-state index contributed by atoms with van der Waals surface area (Å²) in [6.45, 7) is 4.85. The number of para-hydroxylation sites is 1. The Morgan fingerprint density at radius 1 is 1.38 bits per heavy atom. The number of β-amino-alcohol motifs (C(OH)–C–C–N with tert-alkyl or cyclic N) is 1. The molecule has 0 saturated carbocycles. The van der Waals surface area contributed by atoms with Crippen molar-refractivity contribution in [3.8, 4) is 5.75 Å². The van der Waals surface area contributed by atoms with Crippen molar-refractivity contribution in [1.29, 1.82) is 0 Å². The molecule has 0 radical (unpaired) electrons. The molecule has 1 aliphatic heterocycles. The number of hydrogen-bond acceptors (Lipinski definition) is 5. The fraction of sp³-hybridized carbons (Fsp3) is 0.625. The molecule has 5 nitrogen and oxygen atoms in total. The molecule has 5 heteroatoms. The SMILES string of the molecule is CC(O)C1CCN(CC(O)COc2ccccc2CN)C1. The Hall–Kier alpha value is -1.14. The highest BCUT2D eigenvalue weighted by Gasteiger charge is 2.27. The zero-order chi connectivity index (χ0) is 15.2. The third-order valence-electron chi connectivity index (χ3n) is 4.08. The molecule has 0 bridgehead atoms. The maximum Gasteiger partial charge on any atom is 0.123 e. The van der Waals surface area contributed by atoms with Gasteiger partial charge in [-0.2, -0.15) is 0 Å². The van der Waals surface area contributed by atoms with Crippen molar-refractivity contribution in [2.24, 2.45) is 11.7 Å². The van der Waals surface area contributed by atoms with Crippen LogP contribution in [-0.4, -0.2) is 53.6 Å². The summed E-state index contributed by atoms with van der Waals surface area (Å²) in [6, 6.07) is 7.62. The molecular weight excluding hydrogens is 268 g/mol. The number of ether oxygens (including phenoxy) is 1. The van der Waals surface area contributed by atoms with Gasteiger partial charge in [0.05, 0.1) is 6.10 Å². The van der Waals surface area contributed by atoms with Gasteiger partial charge in [-0.1, -0.05) is 18.2 Å². The van der Waals surface area contributed by atoms with Crippen molar-refractivity contribution in [3.63, 3.8) is 0 Å². The topological polar surface area (TPSA) is 79.0 Å². The number of benzene rings is 1. The van der Waals surface area contributed by atoms with Crippen molar-refractivity contribution >= 4 is 0 Å². The normalized spacial score (nSPS) is 22.2. The smallest absolute Gasteiger partial charge is 0.123 e. The predicted molar refractivity (Wildman–Crippen MR) is 82.1 cm³/mol. The first-order valence-electron chi connectivity index (χ1n) is 7.59. The number of hydrogen-bond donors (Lipinski definition) is 3. The van der Waals surface area contributed by atoms with Gasteiger partial charge in [0.2, 0.25) is 0 Å². The first-order chi connectivity index (χ1) is 10.1. The van der Waals surface area contributed by atoms with E-state index in [2.05, 4.69) is 4.90 Å². The van der Waals surface area contributed by atoms with Crippen LogP contribution in [0.3, 0.4) is 0 Å². The number of likely N-dealkylation sites (tertiary alicyclic amines) is 1. The first-order valence-corrected chi connectivity index (χ1v) is 7.59. The number of aliphatic hydroxyl groups is 2. The summed E-state index contributed by atoms with van der Waals surface area (Å²) >= 11 is 0. The third kappa shape index (κ3) is 4.68. The number of nitrogens with two attached hydrogens (primary N) is 1. The Kier molecular flexibility index (Phi) is 5.99. The average molecular weight is 294 g/mol. The molecule has 118 valence electrons. The third-order valence-corrected chi connectivity index (χ3v) is 4.08. The maximum atomic E-state index is 10.1. The molecule has 3 atom stereocenters. The lowest BCUT2D eigenvalue weighted by Crippen LogP contribution is -2.35. The highest BCUT2D eigenvalue weighted by molar-refractivity contribution is 5.32. The van der Waals surface area contributed by atoms with E-state index in [-0.39, 0.29) is 12.7 Å². The molecule has 0 amide bonds. The van der Waals surface area contributed by atoms with Crippen LogP contribution in [0.15, 0.2) is 24.3 Å². The molecule has 0 aromatic heterocycles. The Labute approximate surface area is 126 Å². The summed E-state index contributed by atoms with van der Waals surface area (Å²) in [5.74, 6) is 1.05. The summed E-state index contributed by atoms with van der Waals surface area (Å²) in [7, 11) is 0. The van der Waals surface area contributed by atoms with Gasteiger partial charge in [0.15, 0.2) is 0 Å². The molecule has 1 aromatic rings. The van der Waals surface area contributed by atoms with Crippen molar-refractivity contribution in [3.05, 3.63) is 29.8 Å². The van der Waals surface area contributed by atoms with E-state index in [9.17, 15) is 10.2 Å². The van der Waals surface area contributed by atoms with Crippen LogP contribution in [0.25, 0.3) is 0 Å². The Morgan fingerprint density at radius 2 is 2.14 bits per heavy atom. The summed E-state index contributed by atoms with van der Waals surface area (Å²) in [5, 5.41) is 19.7. The summed E-state index contributed by atoms with van der Waals surface area (Å²) in [4.78, 5) is 2.18. The molecule has 0 aliphatic carbocycles. The van der Waals surface area contributed by atoms with Crippen LogP contribution in [0, 0.1) is 5.92 Å². The van der Waals surface area contributed by atoms with Gasteiger partial charge in [-0.3, -0.25) is 0 Å². The molecular formula is C16H26N2O3. The molecule has 1 aromatic carbocycles. The van der Waals surface area contributed by atoms with E-state index >= 15 is 0 Å². The number of aliphatic hydroxyl groups excluding tert-OH is 2. The molecule has 1 heterocycles. The van der Waals surface area contributed by atoms with Crippen LogP contribution < -0.4 is 10.5 Å². The lowest BCUT2D eigenvalue weighted by Gasteiger charge is -2.21. The molecule has 0 spiro atoms. The lowest BCUT2D eigenvalue weighted by atomic mass is 10.0. The van der Waals surface area contributed by atoms with E-state index in [1.807, 2.05) is 31.2 Å². The molecule has 3 unspecified atom stereocenters. The van der Waals surface area contributed by atoms with Gasteiger partial charge in [0.25, 0.3) is 0 Å². The van der Waals surface area contributed by atoms with Crippen molar-refractivity contribution < 1.29 is 14.9 Å². The first kappa shape index (κ1) is 16.2. The van der Waals surface area contributed by atoms with Crippen molar-refractivity contribution in [2.75, 3.05) is 26.2 Å². The molecule has 2 rings (SSSR count). The Bertz CT molecular complexity index is 439. The average Bonchev–Trinajstić information content (AvgIpc) is 2.94.